The number of carbonyl (C=O) groups excluding carboxylic acids is 3. The molecular formula is C13H24O6S3Sn. The Balaban J connectivity index is 5.27. The van der Waals surface area contributed by atoms with Gasteiger partial charge in [0.1, 0.15) is 0 Å². The van der Waals surface area contributed by atoms with E-state index in [0.717, 1.165) is 6.42 Å². The van der Waals surface area contributed by atoms with Crippen molar-refractivity contribution in [1.29, 1.82) is 0 Å². The maximum absolute atomic E-state index is 11.9. The Hall–Kier alpha value is 0.259. The summed E-state index contributed by atoms with van der Waals surface area (Å²) in [5, 5.41) is 0. The van der Waals surface area contributed by atoms with Gasteiger partial charge in [0.25, 0.3) is 0 Å². The van der Waals surface area contributed by atoms with E-state index in [1.165, 1.54) is 35.3 Å². The fourth-order valence-corrected chi connectivity index (χ4v) is 10.4. The molecule has 0 radical (unpaired) electrons. The summed E-state index contributed by atoms with van der Waals surface area (Å²) in [4.78, 5) is 35.8. The summed E-state index contributed by atoms with van der Waals surface area (Å²) in [5.41, 5.74) is 0. The average molecular weight is 491 g/mol. The van der Waals surface area contributed by atoms with Crippen LogP contribution in [0.5, 0.6) is 0 Å². The molecule has 0 aromatic rings. The fourth-order valence-electron chi connectivity index (χ4n) is 1.57. The predicted octanol–water partition coefficient (Wildman–Crippen LogP) is 2.44. The molecule has 0 saturated heterocycles. The summed E-state index contributed by atoms with van der Waals surface area (Å²) < 4.78 is 16.7. The quantitative estimate of drug-likeness (QED) is 0.383. The molecule has 0 spiro atoms. The van der Waals surface area contributed by atoms with Gasteiger partial charge in [-0.15, -0.1) is 0 Å². The molecule has 0 aliphatic heterocycles. The molecular weight excluding hydrogens is 467 g/mol. The van der Waals surface area contributed by atoms with E-state index in [2.05, 4.69) is 0 Å². The summed E-state index contributed by atoms with van der Waals surface area (Å²) >= 11 is -0.688. The van der Waals surface area contributed by atoms with Crippen molar-refractivity contribution in [2.75, 3.05) is 36.0 Å². The van der Waals surface area contributed by atoms with Crippen LogP contribution in [0.1, 0.15) is 19.8 Å². The summed E-state index contributed by atoms with van der Waals surface area (Å²) in [5.74, 6) is -1.11. The normalized spacial score (nSPS) is 11.0. The van der Waals surface area contributed by atoms with E-state index in [1.54, 1.807) is 18.8 Å². The topological polar surface area (TPSA) is 78.9 Å². The second-order valence-electron chi connectivity index (χ2n) is 4.51. The Bertz CT molecular complexity index is 344. The first kappa shape index (κ1) is 23.3. The molecule has 6 nitrogen and oxygen atoms in total. The molecule has 0 bridgehead atoms. The van der Waals surface area contributed by atoms with Crippen LogP contribution in [0.25, 0.3) is 0 Å². The minimum absolute atomic E-state index is 0.130. The number of thioether (sulfide) groups is 3. The Morgan fingerprint density at radius 3 is 1.39 bits per heavy atom. The van der Waals surface area contributed by atoms with E-state index in [4.69, 9.17) is 9.22 Å². The van der Waals surface area contributed by atoms with Gasteiger partial charge in [-0.1, -0.05) is 0 Å². The Kier molecular flexibility index (Phi) is 13.7. The number of hydrogen-bond donors (Lipinski definition) is 0. The molecule has 0 aromatic heterocycles. The zero-order valence-electron chi connectivity index (χ0n) is 13.9. The van der Waals surface area contributed by atoms with Crippen LogP contribution < -0.4 is 0 Å². The van der Waals surface area contributed by atoms with E-state index in [-0.39, 0.29) is 17.3 Å². The van der Waals surface area contributed by atoms with Crippen molar-refractivity contribution in [2.45, 2.75) is 24.2 Å². The number of rotatable bonds is 12. The van der Waals surface area contributed by atoms with Crippen LogP contribution in [-0.4, -0.2) is 73.6 Å². The van der Waals surface area contributed by atoms with E-state index in [9.17, 15) is 14.4 Å². The van der Waals surface area contributed by atoms with Gasteiger partial charge in [-0.3, -0.25) is 0 Å². The summed E-state index contributed by atoms with van der Waals surface area (Å²) in [6.07, 6.45) is 6.79. The van der Waals surface area contributed by atoms with Crippen molar-refractivity contribution in [1.82, 2.24) is 0 Å². The van der Waals surface area contributed by atoms with E-state index >= 15 is 0 Å². The van der Waals surface area contributed by atoms with Gasteiger partial charge in [-0.2, -0.15) is 0 Å². The van der Waals surface area contributed by atoms with Crippen LogP contribution in [0, 0.1) is 0 Å². The molecule has 0 amide bonds. The molecule has 0 aliphatic carbocycles. The van der Waals surface area contributed by atoms with Crippen LogP contribution >= 0.6 is 35.3 Å². The second kappa shape index (κ2) is 13.5. The van der Waals surface area contributed by atoms with Gasteiger partial charge in [0, 0.05) is 0 Å². The van der Waals surface area contributed by atoms with E-state index in [1.807, 2.05) is 6.92 Å². The molecule has 23 heavy (non-hydrogen) atoms. The van der Waals surface area contributed by atoms with Gasteiger partial charge in [0.2, 0.25) is 0 Å². The first-order valence-electron chi connectivity index (χ1n) is 7.05. The van der Waals surface area contributed by atoms with Crippen LogP contribution in [-0.2, 0) is 23.6 Å². The molecule has 0 aliphatic rings. The zero-order valence-corrected chi connectivity index (χ0v) is 19.2. The third-order valence-corrected chi connectivity index (χ3v) is 11.4. The third kappa shape index (κ3) is 10.7. The average Bonchev–Trinajstić information content (AvgIpc) is 2.45. The molecule has 0 unspecified atom stereocenters. The van der Waals surface area contributed by atoms with Crippen LogP contribution in [0.3, 0.4) is 0 Å². The summed E-state index contributed by atoms with van der Waals surface area (Å²) in [7, 11) is 0. The van der Waals surface area contributed by atoms with Gasteiger partial charge in [-0.25, -0.2) is 0 Å². The van der Waals surface area contributed by atoms with Gasteiger partial charge in [0.15, 0.2) is 0 Å². The third-order valence-electron chi connectivity index (χ3n) is 2.43. The van der Waals surface area contributed by atoms with Crippen LogP contribution in [0.15, 0.2) is 0 Å². The Labute approximate surface area is 156 Å². The Morgan fingerprint density at radius 1 is 0.783 bits per heavy atom. The maximum atomic E-state index is 11.9. The molecule has 0 atom stereocenters. The molecule has 0 saturated carbocycles. The van der Waals surface area contributed by atoms with Crippen molar-refractivity contribution in [3.8, 4) is 0 Å². The number of unbranched alkanes of at least 4 members (excludes halogenated alkanes) is 1. The van der Waals surface area contributed by atoms with Crippen molar-refractivity contribution in [3.63, 3.8) is 0 Å². The first-order chi connectivity index (χ1) is 10.9. The number of carbonyl (C=O) groups is 3. The molecule has 0 rings (SSSR count). The first-order valence-corrected chi connectivity index (χ1v) is 16.7. The molecule has 134 valence electrons. The molecule has 0 fully saturated rings. The zero-order chi connectivity index (χ0) is 17.7. The van der Waals surface area contributed by atoms with Gasteiger partial charge in [-0.05, 0) is 0 Å². The van der Waals surface area contributed by atoms with Crippen molar-refractivity contribution >= 4 is 72.8 Å². The fraction of sp³-hybridized carbons (Fsp3) is 0.769. The molecule has 0 heterocycles. The van der Waals surface area contributed by atoms with Crippen molar-refractivity contribution in [2.24, 2.45) is 0 Å². The standard InChI is InChI=1S/C4H9.3C3H6O2S.Sn/c1-3-4-2;3*1-6-2-3(4)5;/h1,3-4H2,2H3;3*2H2,1H3,(H,4,5);/q;;;;+3/p-3. The van der Waals surface area contributed by atoms with Gasteiger partial charge >= 0.3 is 157 Å². The predicted molar refractivity (Wildman–Crippen MR) is 98.9 cm³/mol. The van der Waals surface area contributed by atoms with Crippen LogP contribution in [0.4, 0.5) is 0 Å². The SMILES string of the molecule is CCC[CH2][Sn]([O]C(=O)CSC)([O]C(=O)CSC)[O]C(=O)CSC. The van der Waals surface area contributed by atoms with Crippen LogP contribution in [0.2, 0.25) is 4.44 Å². The van der Waals surface area contributed by atoms with E-state index in [0.29, 0.717) is 10.9 Å². The summed E-state index contributed by atoms with van der Waals surface area (Å²) in [6, 6.07) is 0. The second-order valence-corrected chi connectivity index (χ2v) is 14.2. The van der Waals surface area contributed by atoms with Gasteiger partial charge < -0.3 is 0 Å². The summed E-state index contributed by atoms with van der Waals surface area (Å²) in [6.45, 7) is 1.97. The van der Waals surface area contributed by atoms with Gasteiger partial charge in [0.05, 0.1) is 0 Å². The van der Waals surface area contributed by atoms with Crippen molar-refractivity contribution < 1.29 is 23.6 Å². The van der Waals surface area contributed by atoms with Crippen molar-refractivity contribution in [3.05, 3.63) is 0 Å². The molecule has 0 aromatic carbocycles. The van der Waals surface area contributed by atoms with E-state index < -0.39 is 37.5 Å². The minimum atomic E-state index is -4.60. The number of hydrogen-bond acceptors (Lipinski definition) is 9. The Morgan fingerprint density at radius 2 is 1.13 bits per heavy atom. The molecule has 0 N–H and O–H groups in total. The monoisotopic (exact) mass is 492 g/mol. The molecule has 10 heteroatoms.